The van der Waals surface area contributed by atoms with Gasteiger partial charge in [0.05, 0.1) is 11.2 Å². The molecule has 0 saturated heterocycles. The molecule has 84 valence electrons. The lowest BCUT2D eigenvalue weighted by atomic mass is 9.91. The number of alkyl halides is 3. The lowest BCUT2D eigenvalue weighted by Crippen LogP contribution is -2.19. The Morgan fingerprint density at radius 3 is 1.93 bits per heavy atom. The number of halogens is 3. The first-order valence-electron chi connectivity index (χ1n) is 4.53. The minimum absolute atomic E-state index is 0.0810. The summed E-state index contributed by atoms with van der Waals surface area (Å²) in [7, 11) is 0. The van der Waals surface area contributed by atoms with Gasteiger partial charge >= 0.3 is 6.18 Å². The lowest BCUT2D eigenvalue weighted by molar-refractivity contribution is -0.138. The highest BCUT2D eigenvalue weighted by molar-refractivity contribution is 5.38. The van der Waals surface area contributed by atoms with Crippen LogP contribution in [0.4, 0.5) is 13.2 Å². The highest BCUT2D eigenvalue weighted by Crippen LogP contribution is 2.35. The predicted molar refractivity (Wildman–Crippen MR) is 51.4 cm³/mol. The Kier molecular flexibility index (Phi) is 2.83. The molecule has 4 heteroatoms. The van der Waals surface area contributed by atoms with Crippen molar-refractivity contribution < 1.29 is 18.3 Å². The van der Waals surface area contributed by atoms with Gasteiger partial charge in [-0.05, 0) is 38.0 Å². The Morgan fingerprint density at radius 1 is 1.07 bits per heavy atom. The second kappa shape index (κ2) is 3.52. The van der Waals surface area contributed by atoms with Crippen LogP contribution in [0.25, 0.3) is 0 Å². The van der Waals surface area contributed by atoms with E-state index in [1.165, 1.54) is 32.9 Å². The Balaban J connectivity index is 3.37. The highest BCUT2D eigenvalue weighted by Gasteiger charge is 2.34. The maximum Gasteiger partial charge on any atom is 0.416 e. The van der Waals surface area contributed by atoms with Crippen LogP contribution in [-0.4, -0.2) is 5.11 Å². The highest BCUT2D eigenvalue weighted by atomic mass is 19.4. The van der Waals surface area contributed by atoms with E-state index >= 15 is 0 Å². The normalized spacial score (nSPS) is 13.0. The van der Waals surface area contributed by atoms with Gasteiger partial charge in [0.25, 0.3) is 0 Å². The van der Waals surface area contributed by atoms with Crippen LogP contribution >= 0.6 is 0 Å². The molecule has 0 amide bonds. The zero-order chi connectivity index (χ0) is 11.9. The molecule has 1 rings (SSSR count). The SMILES string of the molecule is Cc1c(C(C)(C)O)cccc1C(F)(F)F. The maximum absolute atomic E-state index is 12.5. The van der Waals surface area contributed by atoms with Gasteiger partial charge in [-0.15, -0.1) is 0 Å². The summed E-state index contributed by atoms with van der Waals surface area (Å²) in [4.78, 5) is 0. The van der Waals surface area contributed by atoms with E-state index in [-0.39, 0.29) is 5.56 Å². The zero-order valence-electron chi connectivity index (χ0n) is 8.81. The van der Waals surface area contributed by atoms with Crippen LogP contribution in [0.3, 0.4) is 0 Å². The quantitative estimate of drug-likeness (QED) is 0.767. The predicted octanol–water partition coefficient (Wildman–Crippen LogP) is 3.24. The third-order valence-electron chi connectivity index (χ3n) is 2.30. The van der Waals surface area contributed by atoms with E-state index in [9.17, 15) is 18.3 Å². The molecule has 1 aromatic rings. The van der Waals surface area contributed by atoms with Crippen molar-refractivity contribution in [2.45, 2.75) is 32.5 Å². The lowest BCUT2D eigenvalue weighted by Gasteiger charge is -2.22. The second-order valence-corrected chi connectivity index (χ2v) is 4.03. The van der Waals surface area contributed by atoms with Gasteiger partial charge in [0.2, 0.25) is 0 Å². The molecular formula is C11H13F3O. The Morgan fingerprint density at radius 2 is 1.53 bits per heavy atom. The Hall–Kier alpha value is -1.03. The van der Waals surface area contributed by atoms with E-state index in [0.29, 0.717) is 5.56 Å². The molecule has 0 atom stereocenters. The van der Waals surface area contributed by atoms with Crippen LogP contribution in [-0.2, 0) is 11.8 Å². The van der Waals surface area contributed by atoms with Gasteiger partial charge in [-0.3, -0.25) is 0 Å². The van der Waals surface area contributed by atoms with Crippen LogP contribution in [0.2, 0.25) is 0 Å². The minimum atomic E-state index is -4.37. The van der Waals surface area contributed by atoms with Gasteiger partial charge < -0.3 is 5.11 Å². The summed E-state index contributed by atoms with van der Waals surface area (Å²) in [5, 5.41) is 9.69. The van der Waals surface area contributed by atoms with Crippen molar-refractivity contribution >= 4 is 0 Å². The van der Waals surface area contributed by atoms with Crippen molar-refractivity contribution in [3.8, 4) is 0 Å². The van der Waals surface area contributed by atoms with Gasteiger partial charge in [-0.1, -0.05) is 12.1 Å². The molecule has 0 fully saturated rings. The number of rotatable bonds is 1. The topological polar surface area (TPSA) is 20.2 Å². The van der Waals surface area contributed by atoms with Crippen LogP contribution in [0.1, 0.15) is 30.5 Å². The van der Waals surface area contributed by atoms with Gasteiger partial charge in [-0.2, -0.15) is 13.2 Å². The molecule has 0 aromatic heterocycles. The smallest absolute Gasteiger partial charge is 0.386 e. The maximum atomic E-state index is 12.5. The standard InChI is InChI=1S/C11H13F3O/c1-7-8(10(2,3)15)5-4-6-9(7)11(12,13)14/h4-6,15H,1-3H3. The van der Waals surface area contributed by atoms with Crippen LogP contribution in [0, 0.1) is 6.92 Å². The zero-order valence-corrected chi connectivity index (χ0v) is 8.81. The van der Waals surface area contributed by atoms with Crippen LogP contribution in [0.15, 0.2) is 18.2 Å². The number of hydrogen-bond acceptors (Lipinski definition) is 1. The molecule has 1 N–H and O–H groups in total. The number of hydrogen-bond donors (Lipinski definition) is 1. The van der Waals surface area contributed by atoms with Crippen LogP contribution in [0.5, 0.6) is 0 Å². The second-order valence-electron chi connectivity index (χ2n) is 4.03. The number of benzene rings is 1. The average molecular weight is 218 g/mol. The first kappa shape index (κ1) is 12.0. The summed E-state index contributed by atoms with van der Waals surface area (Å²) < 4.78 is 37.6. The van der Waals surface area contributed by atoms with E-state index in [0.717, 1.165) is 6.07 Å². The van der Waals surface area contributed by atoms with Crippen molar-refractivity contribution in [3.05, 3.63) is 34.9 Å². The fourth-order valence-electron chi connectivity index (χ4n) is 1.61. The molecule has 0 bridgehead atoms. The summed E-state index contributed by atoms with van der Waals surface area (Å²) in [5.74, 6) is 0. The van der Waals surface area contributed by atoms with Gasteiger partial charge in [0.1, 0.15) is 0 Å². The molecule has 0 unspecified atom stereocenters. The molecule has 0 saturated carbocycles. The van der Waals surface area contributed by atoms with Crippen molar-refractivity contribution in [2.24, 2.45) is 0 Å². The van der Waals surface area contributed by atoms with Crippen LogP contribution < -0.4 is 0 Å². The van der Waals surface area contributed by atoms with E-state index in [2.05, 4.69) is 0 Å². The molecule has 0 spiro atoms. The first-order valence-corrected chi connectivity index (χ1v) is 4.53. The largest absolute Gasteiger partial charge is 0.416 e. The third-order valence-corrected chi connectivity index (χ3v) is 2.30. The molecule has 0 heterocycles. The molecule has 0 aliphatic rings. The number of aliphatic hydroxyl groups is 1. The fraction of sp³-hybridized carbons (Fsp3) is 0.455. The molecule has 1 nitrogen and oxygen atoms in total. The monoisotopic (exact) mass is 218 g/mol. The van der Waals surface area contributed by atoms with Gasteiger partial charge in [0, 0.05) is 0 Å². The first-order chi connectivity index (χ1) is 6.64. The summed E-state index contributed by atoms with van der Waals surface area (Å²) in [6.07, 6.45) is -4.37. The van der Waals surface area contributed by atoms with Gasteiger partial charge in [-0.25, -0.2) is 0 Å². The Bertz CT molecular complexity index is 329. The van der Waals surface area contributed by atoms with E-state index in [1.54, 1.807) is 0 Å². The molecule has 0 aliphatic heterocycles. The summed E-state index contributed by atoms with van der Waals surface area (Å²) in [6, 6.07) is 3.83. The van der Waals surface area contributed by atoms with Crippen molar-refractivity contribution in [1.82, 2.24) is 0 Å². The molecular weight excluding hydrogens is 205 g/mol. The molecule has 1 aromatic carbocycles. The summed E-state index contributed by atoms with van der Waals surface area (Å²) >= 11 is 0. The summed E-state index contributed by atoms with van der Waals surface area (Å²) in [6.45, 7) is 4.31. The Labute approximate surface area is 86.5 Å². The van der Waals surface area contributed by atoms with Gasteiger partial charge in [0.15, 0.2) is 0 Å². The van der Waals surface area contributed by atoms with Crippen molar-refractivity contribution in [1.29, 1.82) is 0 Å². The van der Waals surface area contributed by atoms with E-state index in [1.807, 2.05) is 0 Å². The molecule has 0 radical (unpaired) electrons. The van der Waals surface area contributed by atoms with Crippen molar-refractivity contribution in [2.75, 3.05) is 0 Å². The minimum Gasteiger partial charge on any atom is -0.386 e. The third kappa shape index (κ3) is 2.50. The molecule has 15 heavy (non-hydrogen) atoms. The van der Waals surface area contributed by atoms with Crippen molar-refractivity contribution in [3.63, 3.8) is 0 Å². The average Bonchev–Trinajstić information content (AvgIpc) is 1.99. The fourth-order valence-corrected chi connectivity index (χ4v) is 1.61. The molecule has 0 aliphatic carbocycles. The van der Waals surface area contributed by atoms with E-state index in [4.69, 9.17) is 0 Å². The summed E-state index contributed by atoms with van der Waals surface area (Å²) in [5.41, 5.74) is -1.57. The van der Waals surface area contributed by atoms with E-state index < -0.39 is 17.3 Å².